The fourth-order valence-electron chi connectivity index (χ4n) is 4.01. The molecule has 0 aliphatic rings. The first kappa shape index (κ1) is 26.3. The first-order chi connectivity index (χ1) is 16.0. The maximum absolute atomic E-state index is 11.7. The Labute approximate surface area is 196 Å². The van der Waals surface area contributed by atoms with Gasteiger partial charge in [0, 0.05) is 18.2 Å². The molecule has 33 heavy (non-hydrogen) atoms. The van der Waals surface area contributed by atoms with Gasteiger partial charge in [-0.25, -0.2) is 4.98 Å². The summed E-state index contributed by atoms with van der Waals surface area (Å²) in [7, 11) is 0. The molecule has 1 aromatic heterocycles. The van der Waals surface area contributed by atoms with Gasteiger partial charge in [0.2, 0.25) is 5.95 Å². The topological polar surface area (TPSA) is 159 Å². The van der Waals surface area contributed by atoms with E-state index in [2.05, 4.69) is 15.3 Å². The number of nitro benzene ring substituents is 1. The van der Waals surface area contributed by atoms with E-state index in [9.17, 15) is 10.1 Å². The normalized spacial score (nSPS) is 11.0. The van der Waals surface area contributed by atoms with Crippen LogP contribution in [0.15, 0.2) is 18.2 Å². The number of nitrogens with one attached hydrogen (secondary N) is 1. The number of aryl methyl sites for hydroxylation is 1. The van der Waals surface area contributed by atoms with Crippen LogP contribution in [-0.4, -0.2) is 28.0 Å². The molecule has 0 bridgehead atoms. The summed E-state index contributed by atoms with van der Waals surface area (Å²) in [4.78, 5) is 19.6. The number of nitro groups is 1. The zero-order chi connectivity index (χ0) is 24.1. The van der Waals surface area contributed by atoms with Crippen LogP contribution in [0.25, 0.3) is 11.1 Å². The van der Waals surface area contributed by atoms with E-state index in [0.29, 0.717) is 35.5 Å². The van der Waals surface area contributed by atoms with Gasteiger partial charge >= 0.3 is 0 Å². The number of nitrogens with zero attached hydrogens (tertiary/aromatic N) is 3. The van der Waals surface area contributed by atoms with Crippen LogP contribution in [0.4, 0.5) is 23.1 Å². The molecule has 0 aliphatic carbocycles. The number of hydrogen-bond acceptors (Lipinski definition) is 8. The van der Waals surface area contributed by atoms with Gasteiger partial charge in [-0.2, -0.15) is 4.98 Å². The molecule has 0 fully saturated rings. The quantitative estimate of drug-likeness (QED) is 0.155. The molecule has 9 heteroatoms. The Morgan fingerprint density at radius 3 is 2.12 bits per heavy atom. The second-order valence-corrected chi connectivity index (χ2v) is 8.38. The average molecular weight is 458 g/mol. The highest BCUT2D eigenvalue weighted by atomic mass is 16.6. The maximum atomic E-state index is 11.7. The third-order valence-corrected chi connectivity index (χ3v) is 5.79. The number of rotatable bonds is 16. The molecule has 0 amide bonds. The molecule has 1 heterocycles. The summed E-state index contributed by atoms with van der Waals surface area (Å²) in [6.07, 6.45) is 12.7. The first-order valence-corrected chi connectivity index (χ1v) is 12.1. The van der Waals surface area contributed by atoms with Crippen LogP contribution in [0, 0.1) is 10.1 Å². The SMILES string of the molecule is CCc1nc(N)nc(N)c1-c1ccc(NCCCCCCCCCCCCN)c([N+](=O)[O-])c1. The number of anilines is 3. The summed E-state index contributed by atoms with van der Waals surface area (Å²) >= 11 is 0. The average Bonchev–Trinajstić information content (AvgIpc) is 2.79. The van der Waals surface area contributed by atoms with E-state index >= 15 is 0 Å². The van der Waals surface area contributed by atoms with Crippen molar-refractivity contribution in [1.29, 1.82) is 0 Å². The zero-order valence-electron chi connectivity index (χ0n) is 19.8. The summed E-state index contributed by atoms with van der Waals surface area (Å²) in [5, 5.41) is 14.9. The van der Waals surface area contributed by atoms with Gasteiger partial charge in [0.25, 0.3) is 5.69 Å². The minimum atomic E-state index is -0.376. The van der Waals surface area contributed by atoms with Crippen molar-refractivity contribution in [2.75, 3.05) is 29.9 Å². The number of nitrogens with two attached hydrogens (primary N) is 3. The standard InChI is InChI=1S/C24H39N7O2/c1-2-19-22(23(26)30-24(27)29-19)18-13-14-20(21(17-18)31(32)33)28-16-12-10-8-6-4-3-5-7-9-11-15-25/h13-14,17,28H,2-12,15-16,25H2,1H3,(H4,26,27,29,30). The Kier molecular flexibility index (Phi) is 11.4. The lowest BCUT2D eigenvalue weighted by molar-refractivity contribution is -0.383. The molecule has 1 aromatic carbocycles. The van der Waals surface area contributed by atoms with Gasteiger partial charge in [0.05, 0.1) is 10.6 Å². The van der Waals surface area contributed by atoms with Crippen molar-refractivity contribution in [1.82, 2.24) is 9.97 Å². The minimum absolute atomic E-state index is 0.0143. The zero-order valence-corrected chi connectivity index (χ0v) is 19.8. The van der Waals surface area contributed by atoms with E-state index < -0.39 is 0 Å². The van der Waals surface area contributed by atoms with Crippen LogP contribution in [0.2, 0.25) is 0 Å². The molecular weight excluding hydrogens is 418 g/mol. The number of unbranched alkanes of at least 4 members (excludes halogenated alkanes) is 9. The van der Waals surface area contributed by atoms with Crippen molar-refractivity contribution in [3.05, 3.63) is 34.0 Å². The van der Waals surface area contributed by atoms with Crippen LogP contribution < -0.4 is 22.5 Å². The molecule has 0 aliphatic heterocycles. The fraction of sp³-hybridized carbons (Fsp3) is 0.583. The molecule has 0 atom stereocenters. The van der Waals surface area contributed by atoms with Crippen LogP contribution in [0.3, 0.4) is 0 Å². The monoisotopic (exact) mass is 457 g/mol. The smallest absolute Gasteiger partial charge is 0.292 e. The lowest BCUT2D eigenvalue weighted by Gasteiger charge is -2.13. The van der Waals surface area contributed by atoms with Crippen molar-refractivity contribution in [2.24, 2.45) is 5.73 Å². The van der Waals surface area contributed by atoms with Crippen molar-refractivity contribution in [2.45, 2.75) is 77.6 Å². The molecule has 7 N–H and O–H groups in total. The van der Waals surface area contributed by atoms with E-state index in [4.69, 9.17) is 17.2 Å². The predicted octanol–water partition coefficient (Wildman–Crippen LogP) is 5.05. The van der Waals surface area contributed by atoms with E-state index in [0.717, 1.165) is 25.8 Å². The predicted molar refractivity (Wildman–Crippen MR) is 136 cm³/mol. The third-order valence-electron chi connectivity index (χ3n) is 5.79. The molecule has 182 valence electrons. The molecule has 2 rings (SSSR count). The molecule has 0 spiro atoms. The molecule has 0 radical (unpaired) electrons. The van der Waals surface area contributed by atoms with Crippen LogP contribution in [0.5, 0.6) is 0 Å². The van der Waals surface area contributed by atoms with Crippen molar-refractivity contribution >= 4 is 23.1 Å². The first-order valence-electron chi connectivity index (χ1n) is 12.1. The lowest BCUT2D eigenvalue weighted by Crippen LogP contribution is -2.07. The summed E-state index contributed by atoms with van der Waals surface area (Å²) in [5.74, 6) is 0.327. The summed E-state index contributed by atoms with van der Waals surface area (Å²) in [5.41, 5.74) is 19.7. The molecular formula is C24H39N7O2. The summed E-state index contributed by atoms with van der Waals surface area (Å²) in [6, 6.07) is 5.07. The second kappa shape index (κ2) is 14.3. The van der Waals surface area contributed by atoms with Crippen molar-refractivity contribution < 1.29 is 4.92 Å². The van der Waals surface area contributed by atoms with Crippen molar-refractivity contribution in [3.8, 4) is 11.1 Å². The van der Waals surface area contributed by atoms with Crippen LogP contribution >= 0.6 is 0 Å². The van der Waals surface area contributed by atoms with Gasteiger partial charge in [0.15, 0.2) is 0 Å². The van der Waals surface area contributed by atoms with E-state index in [1.165, 1.54) is 51.0 Å². The maximum Gasteiger partial charge on any atom is 0.292 e. The van der Waals surface area contributed by atoms with Crippen LogP contribution in [0.1, 0.15) is 76.8 Å². The van der Waals surface area contributed by atoms with Gasteiger partial charge < -0.3 is 22.5 Å². The number of hydrogen-bond donors (Lipinski definition) is 4. The molecule has 0 unspecified atom stereocenters. The third kappa shape index (κ3) is 8.49. The van der Waals surface area contributed by atoms with Crippen molar-refractivity contribution in [3.63, 3.8) is 0 Å². The summed E-state index contributed by atoms with van der Waals surface area (Å²) in [6.45, 7) is 3.43. The molecule has 0 saturated carbocycles. The van der Waals surface area contributed by atoms with Crippen LogP contribution in [-0.2, 0) is 6.42 Å². The highest BCUT2D eigenvalue weighted by molar-refractivity contribution is 5.81. The fourth-order valence-corrected chi connectivity index (χ4v) is 4.01. The lowest BCUT2D eigenvalue weighted by atomic mass is 10.0. The van der Waals surface area contributed by atoms with Gasteiger partial charge in [0.1, 0.15) is 11.5 Å². The van der Waals surface area contributed by atoms with E-state index in [1.54, 1.807) is 6.07 Å². The van der Waals surface area contributed by atoms with Gasteiger partial charge in [-0.3, -0.25) is 10.1 Å². The minimum Gasteiger partial charge on any atom is -0.383 e. The number of nitrogen functional groups attached to an aromatic ring is 2. The Hall–Kier alpha value is -2.94. The number of aromatic nitrogens is 2. The highest BCUT2D eigenvalue weighted by Crippen LogP contribution is 2.34. The van der Waals surface area contributed by atoms with E-state index in [1.807, 2.05) is 13.0 Å². The summed E-state index contributed by atoms with van der Waals surface area (Å²) < 4.78 is 0. The Morgan fingerprint density at radius 1 is 0.939 bits per heavy atom. The molecule has 2 aromatic rings. The highest BCUT2D eigenvalue weighted by Gasteiger charge is 2.19. The number of benzene rings is 1. The molecule has 0 saturated heterocycles. The second-order valence-electron chi connectivity index (χ2n) is 8.38. The van der Waals surface area contributed by atoms with Gasteiger partial charge in [-0.05, 0) is 37.4 Å². The van der Waals surface area contributed by atoms with Gasteiger partial charge in [-0.1, -0.05) is 64.4 Å². The molecule has 9 nitrogen and oxygen atoms in total. The Bertz CT molecular complexity index is 889. The van der Waals surface area contributed by atoms with E-state index in [-0.39, 0.29) is 22.4 Å². The van der Waals surface area contributed by atoms with Gasteiger partial charge in [-0.15, -0.1) is 0 Å². The Morgan fingerprint density at radius 2 is 1.55 bits per heavy atom. The largest absolute Gasteiger partial charge is 0.383 e. The Balaban J connectivity index is 1.84.